The summed E-state index contributed by atoms with van der Waals surface area (Å²) >= 11 is 0. The Labute approximate surface area is 77.4 Å². The summed E-state index contributed by atoms with van der Waals surface area (Å²) < 4.78 is 5.12. The van der Waals surface area contributed by atoms with Gasteiger partial charge in [-0.15, -0.1) is 0 Å². The van der Waals surface area contributed by atoms with Crippen molar-refractivity contribution in [3.8, 4) is 0 Å². The van der Waals surface area contributed by atoms with Gasteiger partial charge in [-0.2, -0.15) is 0 Å². The number of hydrogen-bond acceptors (Lipinski definition) is 3. The number of aliphatic hydroxyl groups excluding tert-OH is 1. The third-order valence-electron chi connectivity index (χ3n) is 1.86. The van der Waals surface area contributed by atoms with Crippen LogP contribution in [0.25, 0.3) is 0 Å². The molecule has 1 aromatic heterocycles. The fourth-order valence-corrected chi connectivity index (χ4v) is 1.24. The van der Waals surface area contributed by atoms with Gasteiger partial charge < -0.3 is 9.52 Å². The second kappa shape index (κ2) is 4.82. The molecule has 0 bridgehead atoms. The third kappa shape index (κ3) is 3.03. The SMILES string of the molecule is CCC[C@H](O)Cc1ccc(C=O)o1. The average molecular weight is 182 g/mol. The first kappa shape index (κ1) is 9.99. The van der Waals surface area contributed by atoms with Gasteiger partial charge in [0.1, 0.15) is 5.76 Å². The molecule has 3 heteroatoms. The molecule has 1 heterocycles. The Balaban J connectivity index is 2.48. The monoisotopic (exact) mass is 182 g/mol. The van der Waals surface area contributed by atoms with Crippen LogP contribution in [0.3, 0.4) is 0 Å². The second-order valence-corrected chi connectivity index (χ2v) is 3.07. The Morgan fingerprint density at radius 2 is 2.38 bits per heavy atom. The van der Waals surface area contributed by atoms with Crippen LogP contribution in [0.4, 0.5) is 0 Å². The first-order chi connectivity index (χ1) is 6.26. The maximum absolute atomic E-state index is 10.3. The highest BCUT2D eigenvalue weighted by molar-refractivity contribution is 5.70. The molecular formula is C10H14O3. The molecule has 0 unspecified atom stereocenters. The van der Waals surface area contributed by atoms with Crippen LogP contribution in [0.15, 0.2) is 16.5 Å². The van der Waals surface area contributed by atoms with Crippen LogP contribution in [0, 0.1) is 0 Å². The van der Waals surface area contributed by atoms with Crippen molar-refractivity contribution in [2.75, 3.05) is 0 Å². The van der Waals surface area contributed by atoms with E-state index in [0.717, 1.165) is 12.8 Å². The maximum Gasteiger partial charge on any atom is 0.185 e. The molecule has 1 atom stereocenters. The highest BCUT2D eigenvalue weighted by atomic mass is 16.3. The lowest BCUT2D eigenvalue weighted by Gasteiger charge is -2.05. The molecule has 1 aromatic rings. The minimum Gasteiger partial charge on any atom is -0.458 e. The van der Waals surface area contributed by atoms with E-state index in [0.29, 0.717) is 24.2 Å². The molecule has 0 aliphatic heterocycles. The molecule has 0 aliphatic rings. The highest BCUT2D eigenvalue weighted by Crippen LogP contribution is 2.10. The van der Waals surface area contributed by atoms with Crippen molar-refractivity contribution in [1.29, 1.82) is 0 Å². The Morgan fingerprint density at radius 3 is 2.92 bits per heavy atom. The number of furan rings is 1. The topological polar surface area (TPSA) is 50.4 Å². The van der Waals surface area contributed by atoms with Crippen molar-refractivity contribution in [3.63, 3.8) is 0 Å². The smallest absolute Gasteiger partial charge is 0.185 e. The minimum atomic E-state index is -0.365. The largest absolute Gasteiger partial charge is 0.458 e. The first-order valence-electron chi connectivity index (χ1n) is 4.48. The van der Waals surface area contributed by atoms with Crippen molar-refractivity contribution in [2.24, 2.45) is 0 Å². The van der Waals surface area contributed by atoms with Crippen LogP contribution in [0.5, 0.6) is 0 Å². The summed E-state index contributed by atoms with van der Waals surface area (Å²) in [7, 11) is 0. The Bertz CT molecular complexity index is 265. The molecule has 1 N–H and O–H groups in total. The lowest BCUT2D eigenvalue weighted by molar-refractivity contribution is 0.109. The minimum absolute atomic E-state index is 0.318. The average Bonchev–Trinajstić information content (AvgIpc) is 2.52. The van der Waals surface area contributed by atoms with Crippen LogP contribution >= 0.6 is 0 Å². The molecule has 0 saturated carbocycles. The molecule has 0 aromatic carbocycles. The number of rotatable bonds is 5. The molecule has 3 nitrogen and oxygen atoms in total. The zero-order valence-corrected chi connectivity index (χ0v) is 7.69. The van der Waals surface area contributed by atoms with E-state index in [4.69, 9.17) is 4.42 Å². The van der Waals surface area contributed by atoms with Gasteiger partial charge in [0.15, 0.2) is 12.0 Å². The summed E-state index contributed by atoms with van der Waals surface area (Å²) in [5, 5.41) is 9.44. The van der Waals surface area contributed by atoms with Crippen molar-refractivity contribution < 1.29 is 14.3 Å². The number of carbonyl (C=O) groups excluding carboxylic acids is 1. The van der Waals surface area contributed by atoms with Crippen molar-refractivity contribution in [3.05, 3.63) is 23.7 Å². The predicted molar refractivity (Wildman–Crippen MR) is 48.7 cm³/mol. The number of hydrogen-bond donors (Lipinski definition) is 1. The lowest BCUT2D eigenvalue weighted by atomic mass is 10.1. The summed E-state index contributed by atoms with van der Waals surface area (Å²) in [4.78, 5) is 10.3. The van der Waals surface area contributed by atoms with E-state index in [2.05, 4.69) is 0 Å². The van der Waals surface area contributed by atoms with Gasteiger partial charge in [-0.05, 0) is 18.6 Å². The van der Waals surface area contributed by atoms with Gasteiger partial charge in [0.2, 0.25) is 0 Å². The quantitative estimate of drug-likeness (QED) is 0.706. The first-order valence-corrected chi connectivity index (χ1v) is 4.48. The summed E-state index contributed by atoms with van der Waals surface area (Å²) in [5.74, 6) is 0.988. The Kier molecular flexibility index (Phi) is 3.71. The third-order valence-corrected chi connectivity index (χ3v) is 1.86. The van der Waals surface area contributed by atoms with Gasteiger partial charge in [-0.25, -0.2) is 0 Å². The van der Waals surface area contributed by atoms with E-state index in [1.807, 2.05) is 6.92 Å². The maximum atomic E-state index is 10.3. The highest BCUT2D eigenvalue weighted by Gasteiger charge is 2.07. The van der Waals surface area contributed by atoms with Crippen LogP contribution in [0.1, 0.15) is 36.1 Å². The zero-order chi connectivity index (χ0) is 9.68. The van der Waals surface area contributed by atoms with Gasteiger partial charge in [-0.3, -0.25) is 4.79 Å². The zero-order valence-electron chi connectivity index (χ0n) is 7.69. The molecule has 0 radical (unpaired) electrons. The van der Waals surface area contributed by atoms with Crippen LogP contribution in [-0.2, 0) is 6.42 Å². The van der Waals surface area contributed by atoms with Gasteiger partial charge >= 0.3 is 0 Å². The summed E-state index contributed by atoms with van der Waals surface area (Å²) in [6.07, 6.45) is 2.49. The number of aldehydes is 1. The second-order valence-electron chi connectivity index (χ2n) is 3.07. The normalized spacial score (nSPS) is 12.8. The fraction of sp³-hybridized carbons (Fsp3) is 0.500. The van der Waals surface area contributed by atoms with Gasteiger partial charge in [-0.1, -0.05) is 13.3 Å². The predicted octanol–water partition coefficient (Wildman–Crippen LogP) is 1.80. The van der Waals surface area contributed by atoms with Crippen LogP contribution in [0.2, 0.25) is 0 Å². The van der Waals surface area contributed by atoms with Crippen molar-refractivity contribution in [2.45, 2.75) is 32.3 Å². The summed E-state index contributed by atoms with van der Waals surface area (Å²) in [6, 6.07) is 3.34. The van der Waals surface area contributed by atoms with E-state index in [-0.39, 0.29) is 6.10 Å². The standard InChI is InChI=1S/C10H14O3/c1-2-3-8(12)6-9-4-5-10(7-11)13-9/h4-5,7-8,12H,2-3,6H2,1H3/t8-/m0/s1. The molecule has 13 heavy (non-hydrogen) atoms. The summed E-state index contributed by atoms with van der Waals surface area (Å²) in [5.41, 5.74) is 0. The van der Waals surface area contributed by atoms with E-state index in [1.165, 1.54) is 0 Å². The molecule has 0 amide bonds. The fourth-order valence-electron chi connectivity index (χ4n) is 1.24. The van der Waals surface area contributed by atoms with E-state index >= 15 is 0 Å². The number of carbonyl (C=O) groups is 1. The van der Waals surface area contributed by atoms with E-state index in [1.54, 1.807) is 12.1 Å². The molecule has 0 saturated heterocycles. The van der Waals surface area contributed by atoms with Gasteiger partial charge in [0.25, 0.3) is 0 Å². The molecule has 0 fully saturated rings. The molecule has 0 spiro atoms. The Morgan fingerprint density at radius 1 is 1.62 bits per heavy atom. The molecule has 1 rings (SSSR count). The van der Waals surface area contributed by atoms with E-state index in [9.17, 15) is 9.90 Å². The number of aliphatic hydroxyl groups is 1. The van der Waals surface area contributed by atoms with Gasteiger partial charge in [0.05, 0.1) is 6.10 Å². The van der Waals surface area contributed by atoms with Crippen molar-refractivity contribution in [1.82, 2.24) is 0 Å². The van der Waals surface area contributed by atoms with Crippen LogP contribution < -0.4 is 0 Å². The molecule has 0 aliphatic carbocycles. The van der Waals surface area contributed by atoms with E-state index < -0.39 is 0 Å². The van der Waals surface area contributed by atoms with Crippen molar-refractivity contribution >= 4 is 6.29 Å². The summed E-state index contributed by atoms with van der Waals surface area (Å²) in [6.45, 7) is 2.02. The molecular weight excluding hydrogens is 168 g/mol. The molecule has 72 valence electrons. The lowest BCUT2D eigenvalue weighted by Crippen LogP contribution is -2.08. The van der Waals surface area contributed by atoms with Crippen LogP contribution in [-0.4, -0.2) is 17.5 Å². The Hall–Kier alpha value is -1.09. The van der Waals surface area contributed by atoms with Gasteiger partial charge in [0, 0.05) is 6.42 Å².